The molecule has 1 heterocycles. The first kappa shape index (κ1) is 15.2. The van der Waals surface area contributed by atoms with Crippen LogP contribution in [0, 0.1) is 0 Å². The van der Waals surface area contributed by atoms with Crippen LogP contribution in [-0.4, -0.2) is 36.0 Å². The number of hydrogen-bond donors (Lipinski definition) is 3. The summed E-state index contributed by atoms with van der Waals surface area (Å²) < 4.78 is 0. The molecule has 0 aromatic carbocycles. The minimum absolute atomic E-state index is 0.0508. The lowest BCUT2D eigenvalue weighted by Crippen LogP contribution is -2.36. The lowest BCUT2D eigenvalue weighted by molar-refractivity contribution is -0.119. The van der Waals surface area contributed by atoms with Gasteiger partial charge in [-0.1, -0.05) is 13.3 Å². The molecule has 0 bridgehead atoms. The van der Waals surface area contributed by atoms with Crippen molar-refractivity contribution in [3.05, 3.63) is 11.9 Å². The van der Waals surface area contributed by atoms with E-state index in [9.17, 15) is 4.79 Å². The third-order valence-corrected chi connectivity index (χ3v) is 2.85. The molecular formula is C12H22N6O. The molecule has 19 heavy (non-hydrogen) atoms. The van der Waals surface area contributed by atoms with Crippen LogP contribution >= 0.6 is 0 Å². The van der Waals surface area contributed by atoms with E-state index < -0.39 is 0 Å². The molecule has 0 fully saturated rings. The first-order chi connectivity index (χ1) is 9.17. The first-order valence-electron chi connectivity index (χ1n) is 6.43. The SMILES string of the molecule is CCCc1c(NN)ncnc1N(CC)CC(=O)NC. The summed E-state index contributed by atoms with van der Waals surface area (Å²) in [5.74, 6) is 6.80. The molecule has 1 rings (SSSR count). The van der Waals surface area contributed by atoms with Gasteiger partial charge >= 0.3 is 0 Å². The fourth-order valence-corrected chi connectivity index (χ4v) is 1.87. The lowest BCUT2D eigenvalue weighted by Gasteiger charge is -2.24. The van der Waals surface area contributed by atoms with Crippen molar-refractivity contribution in [3.8, 4) is 0 Å². The Hall–Kier alpha value is -1.89. The number of carbonyl (C=O) groups excluding carboxylic acids is 1. The molecule has 7 nitrogen and oxygen atoms in total. The largest absolute Gasteiger partial charge is 0.358 e. The van der Waals surface area contributed by atoms with Crippen LogP contribution in [0.2, 0.25) is 0 Å². The Morgan fingerprint density at radius 1 is 1.42 bits per heavy atom. The van der Waals surface area contributed by atoms with Crippen molar-refractivity contribution in [2.75, 3.05) is 30.5 Å². The van der Waals surface area contributed by atoms with Gasteiger partial charge in [-0.2, -0.15) is 0 Å². The molecule has 0 unspecified atom stereocenters. The van der Waals surface area contributed by atoms with E-state index in [0.29, 0.717) is 12.4 Å². The zero-order valence-electron chi connectivity index (χ0n) is 11.7. The molecular weight excluding hydrogens is 244 g/mol. The minimum atomic E-state index is -0.0508. The zero-order valence-corrected chi connectivity index (χ0v) is 11.7. The van der Waals surface area contributed by atoms with Gasteiger partial charge in [0.15, 0.2) is 0 Å². The number of hydrogen-bond acceptors (Lipinski definition) is 6. The number of carbonyl (C=O) groups is 1. The van der Waals surface area contributed by atoms with Crippen LogP contribution in [0.4, 0.5) is 11.6 Å². The highest BCUT2D eigenvalue weighted by Crippen LogP contribution is 2.24. The summed E-state index contributed by atoms with van der Waals surface area (Å²) in [6, 6.07) is 0. The second kappa shape index (κ2) is 7.52. The van der Waals surface area contributed by atoms with E-state index in [4.69, 9.17) is 5.84 Å². The zero-order chi connectivity index (χ0) is 14.3. The molecule has 0 radical (unpaired) electrons. The maximum atomic E-state index is 11.5. The quantitative estimate of drug-likeness (QED) is 0.485. The number of hydrazine groups is 1. The van der Waals surface area contributed by atoms with Crippen LogP contribution in [0.3, 0.4) is 0 Å². The van der Waals surface area contributed by atoms with Gasteiger partial charge in [0.2, 0.25) is 5.91 Å². The average Bonchev–Trinajstić information content (AvgIpc) is 2.45. The Morgan fingerprint density at radius 2 is 2.16 bits per heavy atom. The molecule has 1 amide bonds. The molecule has 0 spiro atoms. The molecule has 1 aromatic rings. The molecule has 0 aliphatic heterocycles. The Kier molecular flexibility index (Phi) is 6.01. The summed E-state index contributed by atoms with van der Waals surface area (Å²) in [6.45, 7) is 5.01. The van der Waals surface area contributed by atoms with Crippen LogP contribution in [0.1, 0.15) is 25.8 Å². The van der Waals surface area contributed by atoms with Crippen molar-refractivity contribution in [2.24, 2.45) is 5.84 Å². The monoisotopic (exact) mass is 266 g/mol. The number of nitrogens with two attached hydrogens (primary N) is 1. The van der Waals surface area contributed by atoms with Crippen molar-refractivity contribution in [3.63, 3.8) is 0 Å². The van der Waals surface area contributed by atoms with E-state index in [2.05, 4.69) is 27.6 Å². The first-order valence-corrected chi connectivity index (χ1v) is 6.43. The van der Waals surface area contributed by atoms with Gasteiger partial charge in [0, 0.05) is 19.2 Å². The number of aromatic nitrogens is 2. The van der Waals surface area contributed by atoms with E-state index in [0.717, 1.165) is 24.2 Å². The van der Waals surface area contributed by atoms with Crippen LogP contribution < -0.4 is 21.5 Å². The van der Waals surface area contributed by atoms with Crippen molar-refractivity contribution in [1.29, 1.82) is 0 Å². The Labute approximate surface area is 113 Å². The number of nitrogens with one attached hydrogen (secondary N) is 2. The summed E-state index contributed by atoms with van der Waals surface area (Å²) in [6.07, 6.45) is 3.21. The summed E-state index contributed by atoms with van der Waals surface area (Å²) in [7, 11) is 1.62. The van der Waals surface area contributed by atoms with Gasteiger partial charge in [-0.05, 0) is 13.3 Å². The molecule has 0 saturated carbocycles. The summed E-state index contributed by atoms with van der Waals surface area (Å²) >= 11 is 0. The summed E-state index contributed by atoms with van der Waals surface area (Å²) in [5, 5.41) is 2.62. The lowest BCUT2D eigenvalue weighted by atomic mass is 10.1. The number of anilines is 2. The predicted octanol–water partition coefficient (Wildman–Crippen LogP) is 0.287. The fraction of sp³-hybridized carbons (Fsp3) is 0.583. The molecule has 0 aliphatic carbocycles. The van der Waals surface area contributed by atoms with Gasteiger partial charge in [0.05, 0.1) is 6.54 Å². The van der Waals surface area contributed by atoms with E-state index in [1.165, 1.54) is 6.33 Å². The highest BCUT2D eigenvalue weighted by molar-refractivity contribution is 5.81. The highest BCUT2D eigenvalue weighted by Gasteiger charge is 2.17. The third-order valence-electron chi connectivity index (χ3n) is 2.85. The molecule has 4 N–H and O–H groups in total. The second-order valence-corrected chi connectivity index (χ2v) is 4.11. The predicted molar refractivity (Wildman–Crippen MR) is 75.8 cm³/mol. The maximum Gasteiger partial charge on any atom is 0.239 e. The number of nitrogen functional groups attached to an aromatic ring is 1. The van der Waals surface area contributed by atoms with Gasteiger partial charge in [0.25, 0.3) is 0 Å². The van der Waals surface area contributed by atoms with Gasteiger partial charge in [0.1, 0.15) is 18.0 Å². The van der Waals surface area contributed by atoms with Crippen molar-refractivity contribution in [1.82, 2.24) is 15.3 Å². The topological polar surface area (TPSA) is 96.2 Å². The van der Waals surface area contributed by atoms with E-state index in [1.54, 1.807) is 7.05 Å². The van der Waals surface area contributed by atoms with Gasteiger partial charge < -0.3 is 15.6 Å². The standard InChI is InChI=1S/C12H22N6O/c1-4-6-9-11(17-13)15-8-16-12(9)18(5-2)7-10(19)14-3/h8H,4-7,13H2,1-3H3,(H,14,19)(H,15,16,17). The Balaban J connectivity index is 3.11. The van der Waals surface area contributed by atoms with Crippen molar-refractivity contribution < 1.29 is 4.79 Å². The minimum Gasteiger partial charge on any atom is -0.358 e. The van der Waals surface area contributed by atoms with E-state index >= 15 is 0 Å². The second-order valence-electron chi connectivity index (χ2n) is 4.11. The number of rotatable bonds is 7. The van der Waals surface area contributed by atoms with Crippen LogP contribution in [-0.2, 0) is 11.2 Å². The molecule has 1 aromatic heterocycles. The molecule has 0 aliphatic rings. The number of likely N-dealkylation sites (N-methyl/N-ethyl adjacent to an activating group) is 2. The van der Waals surface area contributed by atoms with Crippen LogP contribution in [0.25, 0.3) is 0 Å². The van der Waals surface area contributed by atoms with Crippen molar-refractivity contribution >= 4 is 17.5 Å². The third kappa shape index (κ3) is 3.78. The maximum absolute atomic E-state index is 11.5. The van der Waals surface area contributed by atoms with Gasteiger partial charge in [-0.3, -0.25) is 4.79 Å². The number of nitrogens with zero attached hydrogens (tertiary/aromatic N) is 3. The fourth-order valence-electron chi connectivity index (χ4n) is 1.87. The average molecular weight is 266 g/mol. The molecule has 106 valence electrons. The van der Waals surface area contributed by atoms with E-state index in [-0.39, 0.29) is 12.5 Å². The Bertz CT molecular complexity index is 423. The molecule has 7 heteroatoms. The molecule has 0 atom stereocenters. The van der Waals surface area contributed by atoms with Crippen LogP contribution in [0.15, 0.2) is 6.33 Å². The van der Waals surface area contributed by atoms with Crippen molar-refractivity contribution in [2.45, 2.75) is 26.7 Å². The van der Waals surface area contributed by atoms with Gasteiger partial charge in [-0.25, -0.2) is 15.8 Å². The highest BCUT2D eigenvalue weighted by atomic mass is 16.1. The van der Waals surface area contributed by atoms with Crippen LogP contribution in [0.5, 0.6) is 0 Å². The van der Waals surface area contributed by atoms with E-state index in [1.807, 2.05) is 11.8 Å². The number of amides is 1. The summed E-state index contributed by atoms with van der Waals surface area (Å²) in [5.41, 5.74) is 3.53. The smallest absolute Gasteiger partial charge is 0.239 e. The normalized spacial score (nSPS) is 10.1. The summed E-state index contributed by atoms with van der Waals surface area (Å²) in [4.78, 5) is 21.9. The van der Waals surface area contributed by atoms with Gasteiger partial charge in [-0.15, -0.1) is 0 Å². The Morgan fingerprint density at radius 3 is 2.68 bits per heavy atom. The molecule has 0 saturated heterocycles.